The first-order chi connectivity index (χ1) is 19.8. The quantitative estimate of drug-likeness (QED) is 0.205. The number of nitrogens with zero attached hydrogens (tertiary/aromatic N) is 1. The van der Waals surface area contributed by atoms with E-state index >= 15 is 0 Å². The molecule has 5 N–H and O–H groups in total. The zero-order valence-electron chi connectivity index (χ0n) is 26.4. The average Bonchev–Trinajstić information content (AvgIpc) is 3.57. The summed E-state index contributed by atoms with van der Waals surface area (Å²) in [4.78, 5) is 77.8. The second-order valence-electron chi connectivity index (χ2n) is 13.7. The number of amides is 5. The van der Waals surface area contributed by atoms with Crippen LogP contribution in [-0.2, 0) is 35.3 Å². The second kappa shape index (κ2) is 14.5. The lowest BCUT2D eigenvalue weighted by Gasteiger charge is -2.37. The molecule has 43 heavy (non-hydrogen) atoms. The Balaban J connectivity index is 2.24. The predicted molar refractivity (Wildman–Crippen MR) is 157 cm³/mol. The fraction of sp³-hybridized carbons (Fsp3) is 0.667. The van der Waals surface area contributed by atoms with Crippen LogP contribution >= 0.6 is 0 Å². The molecule has 13 nitrogen and oxygen atoms in total. The van der Waals surface area contributed by atoms with Crippen LogP contribution < -0.4 is 21.7 Å². The topological polar surface area (TPSA) is 190 Å². The van der Waals surface area contributed by atoms with Crippen molar-refractivity contribution >= 4 is 35.5 Å². The van der Waals surface area contributed by atoms with E-state index in [0.717, 1.165) is 0 Å². The predicted octanol–water partition coefficient (Wildman–Crippen LogP) is 1.89. The molecule has 2 heterocycles. The van der Waals surface area contributed by atoms with E-state index in [0.29, 0.717) is 12.0 Å². The minimum atomic E-state index is -1.17. The molecule has 0 unspecified atom stereocenters. The number of rotatable bonds is 12. The minimum Gasteiger partial charge on any atom is -0.472 e. The number of ketones is 1. The Labute approximate surface area is 253 Å². The van der Waals surface area contributed by atoms with Crippen LogP contribution in [-0.4, -0.2) is 71.6 Å². The molecule has 1 aromatic rings. The molecule has 0 saturated carbocycles. The monoisotopic (exact) mass is 605 g/mol. The average molecular weight is 606 g/mol. The number of carbonyl (C=O) groups is 6. The van der Waals surface area contributed by atoms with Gasteiger partial charge in [0.05, 0.1) is 19.1 Å². The molecule has 0 spiro atoms. The lowest BCUT2D eigenvalue weighted by molar-refractivity contribution is -0.148. The summed E-state index contributed by atoms with van der Waals surface area (Å²) < 4.78 is 10.4. The number of ether oxygens (including phenoxy) is 1. The van der Waals surface area contributed by atoms with Crippen molar-refractivity contribution in [3.63, 3.8) is 0 Å². The molecule has 4 atom stereocenters. The Morgan fingerprint density at radius 1 is 1.07 bits per heavy atom. The molecule has 13 heteroatoms. The number of nitrogens with two attached hydrogens (primary N) is 1. The van der Waals surface area contributed by atoms with E-state index in [1.165, 1.54) is 17.4 Å². The SMILES string of the molecule is CC(C)[C@H]1CCN(C(=O)[C@@H](NC(=O)N[C@@H](CC(C)(C)C)C(=O)OCc2ccoc2)C(C)(C)C)[C@@H]1C(=O)NCC(=O)C(N)=O. The number of urea groups is 1. The highest BCUT2D eigenvalue weighted by Gasteiger charge is 2.47. The number of primary amides is 1. The van der Waals surface area contributed by atoms with E-state index in [4.69, 9.17) is 14.9 Å². The fourth-order valence-corrected chi connectivity index (χ4v) is 5.04. The van der Waals surface area contributed by atoms with Gasteiger partial charge in [-0.3, -0.25) is 19.2 Å². The van der Waals surface area contributed by atoms with E-state index in [1.54, 1.807) is 26.8 Å². The Kier molecular flexibility index (Phi) is 11.9. The van der Waals surface area contributed by atoms with Crippen molar-refractivity contribution in [1.29, 1.82) is 0 Å². The number of furan rings is 1. The van der Waals surface area contributed by atoms with Gasteiger partial charge in [0.25, 0.3) is 5.91 Å². The normalized spacial score (nSPS) is 18.5. The summed E-state index contributed by atoms with van der Waals surface area (Å²) in [6.45, 7) is 14.6. The maximum atomic E-state index is 14.0. The smallest absolute Gasteiger partial charge is 0.329 e. The van der Waals surface area contributed by atoms with Crippen LogP contribution in [0.5, 0.6) is 0 Å². The number of hydrogen-bond donors (Lipinski definition) is 4. The molecule has 1 aliphatic heterocycles. The molecule has 0 bridgehead atoms. The lowest BCUT2D eigenvalue weighted by atomic mass is 9.84. The molecular formula is C30H47N5O8. The highest BCUT2D eigenvalue weighted by molar-refractivity contribution is 6.36. The van der Waals surface area contributed by atoms with Gasteiger partial charge in [0.15, 0.2) is 0 Å². The molecule has 1 saturated heterocycles. The lowest BCUT2D eigenvalue weighted by Crippen LogP contribution is -2.61. The third-order valence-corrected chi connectivity index (χ3v) is 7.31. The maximum absolute atomic E-state index is 14.0. The number of carbonyl (C=O) groups excluding carboxylic acids is 6. The van der Waals surface area contributed by atoms with Crippen molar-refractivity contribution in [2.45, 2.75) is 93.0 Å². The van der Waals surface area contributed by atoms with Crippen LogP contribution in [0.4, 0.5) is 4.79 Å². The third kappa shape index (κ3) is 10.4. The van der Waals surface area contributed by atoms with Gasteiger partial charge in [-0.1, -0.05) is 55.4 Å². The number of Topliss-reactive ketones (excluding diaryl/α,β-unsaturated/α-hetero) is 1. The van der Waals surface area contributed by atoms with Crippen molar-refractivity contribution in [3.8, 4) is 0 Å². The van der Waals surface area contributed by atoms with Gasteiger partial charge in [-0.2, -0.15) is 0 Å². The van der Waals surface area contributed by atoms with E-state index < -0.39 is 65.6 Å². The molecule has 1 fully saturated rings. The Morgan fingerprint density at radius 2 is 1.72 bits per heavy atom. The standard InChI is InChI=1S/C30H47N5O8/c1-17(2)19-9-11-35(22(19)25(38)32-14-21(36)24(31)37)26(39)23(30(6,7)8)34-28(41)33-20(13-29(3,4)5)27(40)43-16-18-10-12-42-15-18/h10,12,15,17,19-20,22-23H,9,11,13-14,16H2,1-8H3,(H2,31,37)(H,32,38)(H2,33,34,41)/t19-,20+,22+,23-/m1/s1. The van der Waals surface area contributed by atoms with Gasteiger partial charge in [0.1, 0.15) is 24.7 Å². The number of hydrogen-bond acceptors (Lipinski definition) is 8. The van der Waals surface area contributed by atoms with Crippen molar-refractivity contribution < 1.29 is 37.9 Å². The van der Waals surface area contributed by atoms with Gasteiger partial charge in [-0.15, -0.1) is 0 Å². The van der Waals surface area contributed by atoms with Crippen LogP contribution in [0.15, 0.2) is 23.0 Å². The van der Waals surface area contributed by atoms with E-state index in [-0.39, 0.29) is 36.8 Å². The Hall–Kier alpha value is -3.90. The summed E-state index contributed by atoms with van der Waals surface area (Å²) in [5.41, 5.74) is 4.54. The van der Waals surface area contributed by atoms with Crippen molar-refractivity contribution in [2.24, 2.45) is 28.4 Å². The molecule has 1 aliphatic rings. The third-order valence-electron chi connectivity index (χ3n) is 7.31. The maximum Gasteiger partial charge on any atom is 0.329 e. The molecule has 1 aromatic heterocycles. The largest absolute Gasteiger partial charge is 0.472 e. The van der Waals surface area contributed by atoms with Gasteiger partial charge in [0, 0.05) is 12.1 Å². The van der Waals surface area contributed by atoms with Crippen LogP contribution in [0.3, 0.4) is 0 Å². The summed E-state index contributed by atoms with van der Waals surface area (Å²) >= 11 is 0. The van der Waals surface area contributed by atoms with Crippen LogP contribution in [0, 0.1) is 22.7 Å². The molecule has 0 aliphatic carbocycles. The summed E-state index contributed by atoms with van der Waals surface area (Å²) in [5, 5.41) is 7.84. The van der Waals surface area contributed by atoms with Crippen LogP contribution in [0.25, 0.3) is 0 Å². The minimum absolute atomic E-state index is 0.0240. The molecule has 240 valence electrons. The second-order valence-corrected chi connectivity index (χ2v) is 13.7. The highest BCUT2D eigenvalue weighted by atomic mass is 16.5. The van der Waals surface area contributed by atoms with Gasteiger partial charge in [-0.25, -0.2) is 9.59 Å². The zero-order valence-corrected chi connectivity index (χ0v) is 26.4. The van der Waals surface area contributed by atoms with Crippen molar-refractivity contribution in [1.82, 2.24) is 20.9 Å². The highest BCUT2D eigenvalue weighted by Crippen LogP contribution is 2.33. The number of nitrogens with one attached hydrogen (secondary N) is 3. The van der Waals surface area contributed by atoms with E-state index in [2.05, 4.69) is 16.0 Å². The first-order valence-electron chi connectivity index (χ1n) is 14.5. The molecule has 5 amide bonds. The van der Waals surface area contributed by atoms with Crippen LogP contribution in [0.2, 0.25) is 0 Å². The molecule has 0 aromatic carbocycles. The fourth-order valence-electron chi connectivity index (χ4n) is 5.04. The summed E-state index contributed by atoms with van der Waals surface area (Å²) in [5.74, 6) is -4.02. The Bertz CT molecular complexity index is 1170. The van der Waals surface area contributed by atoms with Gasteiger partial charge >= 0.3 is 12.0 Å². The van der Waals surface area contributed by atoms with Crippen molar-refractivity contribution in [3.05, 3.63) is 24.2 Å². The first kappa shape index (κ1) is 35.3. The van der Waals surface area contributed by atoms with Gasteiger partial charge < -0.3 is 35.7 Å². The van der Waals surface area contributed by atoms with Crippen LogP contribution in [0.1, 0.15) is 73.8 Å². The van der Waals surface area contributed by atoms with Gasteiger partial charge in [-0.05, 0) is 41.6 Å². The van der Waals surface area contributed by atoms with Gasteiger partial charge in [0.2, 0.25) is 17.6 Å². The molecule has 0 radical (unpaired) electrons. The summed E-state index contributed by atoms with van der Waals surface area (Å²) in [6.07, 6.45) is 3.72. The number of esters is 1. The Morgan fingerprint density at radius 3 is 2.23 bits per heavy atom. The summed E-state index contributed by atoms with van der Waals surface area (Å²) in [7, 11) is 0. The zero-order chi connectivity index (χ0) is 32.7. The van der Waals surface area contributed by atoms with E-state index in [9.17, 15) is 28.8 Å². The number of likely N-dealkylation sites (tertiary alicyclic amines) is 1. The molecular weight excluding hydrogens is 558 g/mol. The summed E-state index contributed by atoms with van der Waals surface area (Å²) in [6, 6.07) is -2.07. The molecule has 2 rings (SSSR count). The van der Waals surface area contributed by atoms with Crippen molar-refractivity contribution in [2.75, 3.05) is 13.1 Å². The first-order valence-corrected chi connectivity index (χ1v) is 14.5. The van der Waals surface area contributed by atoms with E-state index in [1.807, 2.05) is 34.6 Å².